The summed E-state index contributed by atoms with van der Waals surface area (Å²) in [6.07, 6.45) is 3.27. The lowest BCUT2D eigenvalue weighted by molar-refractivity contribution is 0.313. The zero-order chi connectivity index (χ0) is 11.5. The highest BCUT2D eigenvalue weighted by molar-refractivity contribution is 7.07. The molecule has 5 nitrogen and oxygen atoms in total. The predicted molar refractivity (Wildman–Crippen MR) is 64.7 cm³/mol. The molecular formula is C11H14N4OS. The lowest BCUT2D eigenvalue weighted by Gasteiger charge is -2.20. The van der Waals surface area contributed by atoms with Crippen LogP contribution in [0.3, 0.4) is 0 Å². The van der Waals surface area contributed by atoms with Gasteiger partial charge in [-0.25, -0.2) is 4.98 Å². The van der Waals surface area contributed by atoms with Crippen LogP contribution in [0.5, 0.6) is 0 Å². The van der Waals surface area contributed by atoms with E-state index in [1.807, 2.05) is 5.38 Å². The first kappa shape index (κ1) is 10.9. The van der Waals surface area contributed by atoms with Crippen molar-refractivity contribution in [2.24, 2.45) is 5.92 Å². The van der Waals surface area contributed by atoms with Crippen molar-refractivity contribution in [3.63, 3.8) is 0 Å². The fourth-order valence-electron chi connectivity index (χ4n) is 2.10. The van der Waals surface area contributed by atoms with Crippen molar-refractivity contribution in [2.75, 3.05) is 13.1 Å². The van der Waals surface area contributed by atoms with Crippen LogP contribution in [0, 0.1) is 5.92 Å². The predicted octanol–water partition coefficient (Wildman–Crippen LogP) is 1.74. The van der Waals surface area contributed by atoms with Gasteiger partial charge in [0.15, 0.2) is 0 Å². The van der Waals surface area contributed by atoms with Gasteiger partial charge in [-0.15, -0.1) is 11.3 Å². The summed E-state index contributed by atoms with van der Waals surface area (Å²) in [6.45, 7) is 2.19. The minimum absolute atomic E-state index is 0.607. The molecule has 1 fully saturated rings. The number of rotatable bonds is 3. The molecule has 17 heavy (non-hydrogen) atoms. The van der Waals surface area contributed by atoms with Gasteiger partial charge in [0, 0.05) is 11.8 Å². The van der Waals surface area contributed by atoms with E-state index in [4.69, 9.17) is 4.52 Å². The van der Waals surface area contributed by atoms with Crippen molar-refractivity contribution < 1.29 is 4.52 Å². The molecule has 2 aromatic rings. The van der Waals surface area contributed by atoms with Gasteiger partial charge in [-0.2, -0.15) is 4.98 Å². The van der Waals surface area contributed by atoms with Gasteiger partial charge in [0.2, 0.25) is 11.7 Å². The molecule has 0 spiro atoms. The molecule has 0 amide bonds. The van der Waals surface area contributed by atoms with Crippen molar-refractivity contribution in [3.8, 4) is 11.5 Å². The van der Waals surface area contributed by atoms with E-state index < -0.39 is 0 Å². The molecule has 1 aliphatic heterocycles. The van der Waals surface area contributed by atoms with Gasteiger partial charge in [0.05, 0.1) is 5.51 Å². The quantitative estimate of drug-likeness (QED) is 0.899. The first-order chi connectivity index (χ1) is 8.42. The average molecular weight is 250 g/mol. The molecule has 0 aromatic carbocycles. The van der Waals surface area contributed by atoms with Crippen LogP contribution in [0.15, 0.2) is 15.4 Å². The van der Waals surface area contributed by atoms with E-state index in [1.54, 1.807) is 5.51 Å². The second kappa shape index (κ2) is 4.93. The number of hydrogen-bond acceptors (Lipinski definition) is 6. The van der Waals surface area contributed by atoms with E-state index in [0.29, 0.717) is 11.7 Å². The maximum absolute atomic E-state index is 5.27. The number of piperidine rings is 1. The standard InChI is InChI=1S/C11H14N4OS/c1-3-12-4-2-8(1)5-10-14-11(15-16-10)9-6-17-7-13-9/h6-8,12H,1-5H2. The first-order valence-electron chi connectivity index (χ1n) is 5.83. The van der Waals surface area contributed by atoms with Crippen LogP contribution in [-0.2, 0) is 6.42 Å². The van der Waals surface area contributed by atoms with Gasteiger partial charge >= 0.3 is 0 Å². The van der Waals surface area contributed by atoms with Crippen LogP contribution in [-0.4, -0.2) is 28.2 Å². The molecule has 0 saturated carbocycles. The Morgan fingerprint density at radius 3 is 3.06 bits per heavy atom. The SMILES string of the molecule is c1nc(-c2noc(CC3CCNCC3)n2)cs1. The molecule has 1 N–H and O–H groups in total. The minimum atomic E-state index is 0.607. The molecular weight excluding hydrogens is 236 g/mol. The molecule has 0 radical (unpaired) electrons. The summed E-state index contributed by atoms with van der Waals surface area (Å²) >= 11 is 1.54. The minimum Gasteiger partial charge on any atom is -0.339 e. The lowest BCUT2D eigenvalue weighted by atomic mass is 9.95. The summed E-state index contributed by atoms with van der Waals surface area (Å²) in [5, 5.41) is 9.25. The number of aromatic nitrogens is 3. The highest BCUT2D eigenvalue weighted by atomic mass is 32.1. The first-order valence-corrected chi connectivity index (χ1v) is 6.78. The Balaban J connectivity index is 1.68. The van der Waals surface area contributed by atoms with E-state index in [2.05, 4.69) is 20.4 Å². The highest BCUT2D eigenvalue weighted by Crippen LogP contribution is 2.20. The second-order valence-electron chi connectivity index (χ2n) is 4.28. The summed E-state index contributed by atoms with van der Waals surface area (Å²) in [7, 11) is 0. The van der Waals surface area contributed by atoms with Crippen LogP contribution < -0.4 is 5.32 Å². The van der Waals surface area contributed by atoms with Crippen molar-refractivity contribution >= 4 is 11.3 Å². The van der Waals surface area contributed by atoms with E-state index in [0.717, 1.165) is 31.1 Å². The second-order valence-corrected chi connectivity index (χ2v) is 5.00. The highest BCUT2D eigenvalue weighted by Gasteiger charge is 2.18. The molecule has 0 aliphatic carbocycles. The third-order valence-electron chi connectivity index (χ3n) is 3.05. The molecule has 2 aromatic heterocycles. The van der Waals surface area contributed by atoms with Crippen LogP contribution in [0.1, 0.15) is 18.7 Å². The summed E-state index contributed by atoms with van der Waals surface area (Å²) < 4.78 is 5.27. The Hall–Kier alpha value is -1.27. The Morgan fingerprint density at radius 2 is 2.29 bits per heavy atom. The molecule has 1 saturated heterocycles. The Bertz CT molecular complexity index is 462. The van der Waals surface area contributed by atoms with Crippen molar-refractivity contribution in [3.05, 3.63) is 16.8 Å². The van der Waals surface area contributed by atoms with E-state index in [1.165, 1.54) is 24.2 Å². The molecule has 0 atom stereocenters. The summed E-state index contributed by atoms with van der Waals surface area (Å²) in [6, 6.07) is 0. The van der Waals surface area contributed by atoms with Gasteiger partial charge in [0.1, 0.15) is 5.69 Å². The lowest BCUT2D eigenvalue weighted by Crippen LogP contribution is -2.28. The smallest absolute Gasteiger partial charge is 0.227 e. The number of hydrogen-bond donors (Lipinski definition) is 1. The molecule has 3 rings (SSSR count). The zero-order valence-corrected chi connectivity index (χ0v) is 10.2. The summed E-state index contributed by atoms with van der Waals surface area (Å²) in [5.41, 5.74) is 2.58. The molecule has 1 aliphatic rings. The molecule has 3 heterocycles. The van der Waals surface area contributed by atoms with Crippen molar-refractivity contribution in [1.82, 2.24) is 20.4 Å². The number of nitrogens with one attached hydrogen (secondary N) is 1. The normalized spacial score (nSPS) is 17.4. The zero-order valence-electron chi connectivity index (χ0n) is 9.43. The van der Waals surface area contributed by atoms with E-state index in [9.17, 15) is 0 Å². The van der Waals surface area contributed by atoms with Crippen LogP contribution in [0.2, 0.25) is 0 Å². The Kier molecular flexibility index (Phi) is 3.15. The van der Waals surface area contributed by atoms with Gasteiger partial charge in [-0.3, -0.25) is 0 Å². The fourth-order valence-corrected chi connectivity index (χ4v) is 2.63. The third-order valence-corrected chi connectivity index (χ3v) is 3.64. The third kappa shape index (κ3) is 2.53. The summed E-state index contributed by atoms with van der Waals surface area (Å²) in [4.78, 5) is 8.56. The van der Waals surface area contributed by atoms with Gasteiger partial charge in [-0.05, 0) is 31.8 Å². The maximum Gasteiger partial charge on any atom is 0.227 e. The van der Waals surface area contributed by atoms with Crippen LogP contribution >= 0.6 is 11.3 Å². The maximum atomic E-state index is 5.27. The Morgan fingerprint density at radius 1 is 1.41 bits per heavy atom. The molecule has 90 valence electrons. The Labute approximate surface area is 103 Å². The van der Waals surface area contributed by atoms with Gasteiger partial charge in [-0.1, -0.05) is 5.16 Å². The number of thiazole rings is 1. The topological polar surface area (TPSA) is 63.8 Å². The van der Waals surface area contributed by atoms with Gasteiger partial charge in [0.25, 0.3) is 0 Å². The number of nitrogens with zero attached hydrogens (tertiary/aromatic N) is 3. The van der Waals surface area contributed by atoms with Crippen LogP contribution in [0.25, 0.3) is 11.5 Å². The van der Waals surface area contributed by atoms with Gasteiger partial charge < -0.3 is 9.84 Å². The fraction of sp³-hybridized carbons (Fsp3) is 0.545. The molecule has 0 bridgehead atoms. The monoisotopic (exact) mass is 250 g/mol. The van der Waals surface area contributed by atoms with E-state index >= 15 is 0 Å². The van der Waals surface area contributed by atoms with Crippen molar-refractivity contribution in [2.45, 2.75) is 19.3 Å². The molecule has 0 unspecified atom stereocenters. The van der Waals surface area contributed by atoms with E-state index in [-0.39, 0.29) is 0 Å². The molecule has 6 heteroatoms. The van der Waals surface area contributed by atoms with Crippen molar-refractivity contribution in [1.29, 1.82) is 0 Å². The average Bonchev–Trinajstić information content (AvgIpc) is 3.00. The summed E-state index contributed by atoms with van der Waals surface area (Å²) in [5.74, 6) is 2.01. The largest absolute Gasteiger partial charge is 0.339 e. The van der Waals surface area contributed by atoms with Crippen LogP contribution in [0.4, 0.5) is 0 Å².